The molecule has 0 aliphatic rings. The average Bonchev–Trinajstić information content (AvgIpc) is 3.42. The molecule has 2 heterocycles. The number of thioether (sulfide) groups is 1. The van der Waals surface area contributed by atoms with Gasteiger partial charge in [0.15, 0.2) is 11.0 Å². The fourth-order valence-electron chi connectivity index (χ4n) is 2.95. The van der Waals surface area contributed by atoms with E-state index in [9.17, 15) is 0 Å². The van der Waals surface area contributed by atoms with Crippen LogP contribution in [0.2, 0.25) is 0 Å². The maximum atomic E-state index is 5.23. The molecule has 0 saturated carbocycles. The van der Waals surface area contributed by atoms with E-state index < -0.39 is 0 Å². The normalized spacial score (nSPS) is 10.9. The highest BCUT2D eigenvalue weighted by Crippen LogP contribution is 2.27. The van der Waals surface area contributed by atoms with Gasteiger partial charge in [0.1, 0.15) is 5.75 Å². The lowest BCUT2D eigenvalue weighted by Gasteiger charge is -2.08. The molecule has 28 heavy (non-hydrogen) atoms. The van der Waals surface area contributed by atoms with Crippen LogP contribution in [0.1, 0.15) is 12.5 Å². The summed E-state index contributed by atoms with van der Waals surface area (Å²) >= 11 is 1.69. The fraction of sp³-hybridized carbons (Fsp3) is 0.190. The summed E-state index contributed by atoms with van der Waals surface area (Å²) in [7, 11) is 1.67. The van der Waals surface area contributed by atoms with Gasteiger partial charge in [-0.1, -0.05) is 23.9 Å². The number of hydrogen-bond acceptors (Lipinski definition) is 5. The lowest BCUT2D eigenvalue weighted by Crippen LogP contribution is -2.00. The first-order chi connectivity index (χ1) is 13.8. The molecule has 0 aliphatic carbocycles. The highest BCUT2D eigenvalue weighted by atomic mass is 32.2. The molecular weight excluding hydrogens is 370 g/mol. The van der Waals surface area contributed by atoms with E-state index >= 15 is 0 Å². The second kappa shape index (κ2) is 8.31. The van der Waals surface area contributed by atoms with Crippen molar-refractivity contribution in [1.82, 2.24) is 24.5 Å². The van der Waals surface area contributed by atoms with Crippen molar-refractivity contribution in [1.29, 1.82) is 0 Å². The summed E-state index contributed by atoms with van der Waals surface area (Å²) in [6, 6.07) is 18.2. The average molecular weight is 392 g/mol. The zero-order chi connectivity index (χ0) is 19.3. The minimum absolute atomic E-state index is 0.814. The monoisotopic (exact) mass is 391 g/mol. The number of hydrogen-bond donors (Lipinski definition) is 0. The SMILES string of the molecule is CCn1c(SCc2ccc(-n3cccn3)cc2)nnc1-c1ccc(OC)cc1. The van der Waals surface area contributed by atoms with Gasteiger partial charge in [-0.15, -0.1) is 10.2 Å². The van der Waals surface area contributed by atoms with Crippen LogP contribution in [0.15, 0.2) is 72.1 Å². The van der Waals surface area contributed by atoms with Crippen molar-refractivity contribution in [2.75, 3.05) is 7.11 Å². The van der Waals surface area contributed by atoms with Gasteiger partial charge in [0.2, 0.25) is 0 Å². The minimum atomic E-state index is 0.814. The molecule has 0 atom stereocenters. The highest BCUT2D eigenvalue weighted by Gasteiger charge is 2.13. The van der Waals surface area contributed by atoms with Crippen molar-refractivity contribution in [3.8, 4) is 22.8 Å². The van der Waals surface area contributed by atoms with Gasteiger partial charge in [0.05, 0.1) is 12.8 Å². The summed E-state index contributed by atoms with van der Waals surface area (Å²) in [5, 5.41) is 14.0. The van der Waals surface area contributed by atoms with Crippen LogP contribution >= 0.6 is 11.8 Å². The van der Waals surface area contributed by atoms with Gasteiger partial charge in [0, 0.05) is 30.3 Å². The van der Waals surface area contributed by atoms with Crippen molar-refractivity contribution in [3.63, 3.8) is 0 Å². The molecule has 0 spiro atoms. The van der Waals surface area contributed by atoms with E-state index in [4.69, 9.17) is 4.74 Å². The summed E-state index contributed by atoms with van der Waals surface area (Å²) in [6.45, 7) is 2.92. The smallest absolute Gasteiger partial charge is 0.191 e. The molecule has 6 nitrogen and oxygen atoms in total. The van der Waals surface area contributed by atoms with E-state index in [2.05, 4.69) is 51.1 Å². The molecule has 2 aromatic heterocycles. The Morgan fingerprint density at radius 1 is 1.00 bits per heavy atom. The maximum absolute atomic E-state index is 5.23. The lowest BCUT2D eigenvalue weighted by molar-refractivity contribution is 0.415. The third-order valence-electron chi connectivity index (χ3n) is 4.45. The first-order valence-corrected chi connectivity index (χ1v) is 10.1. The number of benzene rings is 2. The van der Waals surface area contributed by atoms with Crippen molar-refractivity contribution in [2.24, 2.45) is 0 Å². The van der Waals surface area contributed by atoms with Gasteiger partial charge in [-0.05, 0) is 55.0 Å². The largest absolute Gasteiger partial charge is 0.497 e. The van der Waals surface area contributed by atoms with Gasteiger partial charge >= 0.3 is 0 Å². The fourth-order valence-corrected chi connectivity index (χ4v) is 3.91. The predicted molar refractivity (Wildman–Crippen MR) is 111 cm³/mol. The minimum Gasteiger partial charge on any atom is -0.497 e. The van der Waals surface area contributed by atoms with Crippen molar-refractivity contribution in [3.05, 3.63) is 72.6 Å². The Bertz CT molecular complexity index is 1020. The van der Waals surface area contributed by atoms with Crippen LogP contribution in [0, 0.1) is 0 Å². The molecule has 7 heteroatoms. The molecule has 0 saturated heterocycles. The molecular formula is C21H21N5OS. The Morgan fingerprint density at radius 3 is 2.43 bits per heavy atom. The molecule has 0 N–H and O–H groups in total. The zero-order valence-electron chi connectivity index (χ0n) is 15.8. The summed E-state index contributed by atoms with van der Waals surface area (Å²) in [5.41, 5.74) is 3.32. The molecule has 142 valence electrons. The van der Waals surface area contributed by atoms with Crippen LogP contribution in [0.25, 0.3) is 17.1 Å². The Labute approximate surface area is 168 Å². The van der Waals surface area contributed by atoms with Gasteiger partial charge in [0.25, 0.3) is 0 Å². The number of ether oxygens (including phenoxy) is 1. The van der Waals surface area contributed by atoms with Crippen LogP contribution in [0.4, 0.5) is 0 Å². The second-order valence-electron chi connectivity index (χ2n) is 6.18. The first-order valence-electron chi connectivity index (χ1n) is 9.08. The summed E-state index contributed by atoms with van der Waals surface area (Å²) in [6.07, 6.45) is 3.72. The molecule has 0 unspecified atom stereocenters. The maximum Gasteiger partial charge on any atom is 0.191 e. The van der Waals surface area contributed by atoms with E-state index in [1.807, 2.05) is 41.2 Å². The Hall–Kier alpha value is -3.06. The van der Waals surface area contributed by atoms with Gasteiger partial charge in [-0.25, -0.2) is 4.68 Å². The van der Waals surface area contributed by atoms with Crippen molar-refractivity contribution in [2.45, 2.75) is 24.4 Å². The van der Waals surface area contributed by atoms with Crippen LogP contribution in [-0.2, 0) is 12.3 Å². The predicted octanol–water partition coefficient (Wildman–Crippen LogP) is 4.45. The van der Waals surface area contributed by atoms with Gasteiger partial charge < -0.3 is 9.30 Å². The van der Waals surface area contributed by atoms with Crippen molar-refractivity contribution >= 4 is 11.8 Å². The van der Waals surface area contributed by atoms with Gasteiger partial charge in [-0.3, -0.25) is 0 Å². The van der Waals surface area contributed by atoms with Gasteiger partial charge in [-0.2, -0.15) is 5.10 Å². The van der Waals surface area contributed by atoms with E-state index in [0.717, 1.165) is 40.3 Å². The number of aromatic nitrogens is 5. The quantitative estimate of drug-likeness (QED) is 0.436. The van der Waals surface area contributed by atoms with Crippen LogP contribution < -0.4 is 4.74 Å². The highest BCUT2D eigenvalue weighted by molar-refractivity contribution is 7.98. The van der Waals surface area contributed by atoms with Crippen LogP contribution in [0.3, 0.4) is 0 Å². The van der Waals surface area contributed by atoms with E-state index in [1.54, 1.807) is 25.1 Å². The summed E-state index contributed by atoms with van der Waals surface area (Å²) in [4.78, 5) is 0. The number of nitrogens with zero attached hydrogens (tertiary/aromatic N) is 5. The van der Waals surface area contributed by atoms with Crippen molar-refractivity contribution < 1.29 is 4.74 Å². The molecule has 0 amide bonds. The second-order valence-corrected chi connectivity index (χ2v) is 7.13. The molecule has 0 radical (unpaired) electrons. The topological polar surface area (TPSA) is 57.8 Å². The molecule has 0 aliphatic heterocycles. The molecule has 4 rings (SSSR count). The lowest BCUT2D eigenvalue weighted by atomic mass is 10.2. The molecule has 4 aromatic rings. The third-order valence-corrected chi connectivity index (χ3v) is 5.49. The number of methoxy groups -OCH3 is 1. The molecule has 2 aromatic carbocycles. The van der Waals surface area contributed by atoms with E-state index in [1.165, 1.54) is 5.56 Å². The number of rotatable bonds is 7. The standard InChI is InChI=1S/C21H21N5OS/c1-3-25-20(17-7-11-19(27-2)12-8-17)23-24-21(25)28-15-16-5-9-18(10-6-16)26-14-4-13-22-26/h4-14H,3,15H2,1-2H3. The third kappa shape index (κ3) is 3.80. The Morgan fingerprint density at radius 2 is 1.79 bits per heavy atom. The van der Waals surface area contributed by atoms with E-state index in [0.29, 0.717) is 0 Å². The molecule has 0 bridgehead atoms. The van der Waals surface area contributed by atoms with E-state index in [-0.39, 0.29) is 0 Å². The molecule has 0 fully saturated rings. The first kappa shape index (κ1) is 18.3. The summed E-state index contributed by atoms with van der Waals surface area (Å²) in [5.74, 6) is 2.54. The Balaban J connectivity index is 1.48. The van der Waals surface area contributed by atoms with Crippen LogP contribution in [-0.4, -0.2) is 31.7 Å². The van der Waals surface area contributed by atoms with Crippen LogP contribution in [0.5, 0.6) is 5.75 Å². The Kier molecular flexibility index (Phi) is 5.43. The summed E-state index contributed by atoms with van der Waals surface area (Å²) < 4.78 is 9.23. The zero-order valence-corrected chi connectivity index (χ0v) is 16.6.